The first-order valence-electron chi connectivity index (χ1n) is 11.2. The fraction of sp³-hybridized carbons (Fsp3) is 0.308. The number of aliphatic hydroxyl groups is 1. The molecule has 8 heteroatoms. The Morgan fingerprint density at radius 1 is 1.18 bits per heavy atom. The Morgan fingerprint density at radius 2 is 1.88 bits per heavy atom. The Labute approximate surface area is 194 Å². The molecular weight excluding hydrogens is 443 g/mol. The summed E-state index contributed by atoms with van der Waals surface area (Å²) in [5.74, 6) is -3.35. The predicted molar refractivity (Wildman–Crippen MR) is 121 cm³/mol. The molecular formula is C26H24F3N3O2. The van der Waals surface area contributed by atoms with Crippen LogP contribution in [-0.4, -0.2) is 26.4 Å². The summed E-state index contributed by atoms with van der Waals surface area (Å²) in [6, 6.07) is 7.90. The van der Waals surface area contributed by atoms with Crippen molar-refractivity contribution in [2.24, 2.45) is 11.1 Å². The van der Waals surface area contributed by atoms with E-state index in [4.69, 9.17) is 5.73 Å². The van der Waals surface area contributed by atoms with Crippen molar-refractivity contribution in [2.45, 2.75) is 44.6 Å². The number of amides is 1. The van der Waals surface area contributed by atoms with Crippen LogP contribution < -0.4 is 5.73 Å². The molecule has 0 bridgehead atoms. The number of benzene rings is 2. The highest BCUT2D eigenvalue weighted by atomic mass is 19.2. The van der Waals surface area contributed by atoms with Gasteiger partial charge in [-0.05, 0) is 85.7 Å². The summed E-state index contributed by atoms with van der Waals surface area (Å²) in [7, 11) is 0. The molecule has 2 aromatic carbocycles. The van der Waals surface area contributed by atoms with Crippen LogP contribution >= 0.6 is 0 Å². The Bertz CT molecular complexity index is 1330. The van der Waals surface area contributed by atoms with Gasteiger partial charge in [-0.3, -0.25) is 4.79 Å². The van der Waals surface area contributed by atoms with E-state index in [0.717, 1.165) is 34.7 Å². The largest absolute Gasteiger partial charge is 0.389 e. The van der Waals surface area contributed by atoms with Gasteiger partial charge >= 0.3 is 0 Å². The number of nitrogens with zero attached hydrogens (tertiary/aromatic N) is 2. The molecule has 0 saturated heterocycles. The third-order valence-corrected chi connectivity index (χ3v) is 7.58. The maximum Gasteiger partial charge on any atom is 0.249 e. The van der Waals surface area contributed by atoms with Gasteiger partial charge in [0.1, 0.15) is 5.82 Å². The quantitative estimate of drug-likeness (QED) is 0.580. The van der Waals surface area contributed by atoms with E-state index >= 15 is 0 Å². The van der Waals surface area contributed by atoms with Crippen LogP contribution in [0, 0.1) is 22.9 Å². The van der Waals surface area contributed by atoms with Crippen molar-refractivity contribution < 1.29 is 23.1 Å². The van der Waals surface area contributed by atoms with Gasteiger partial charge in [0, 0.05) is 11.0 Å². The highest BCUT2D eigenvalue weighted by molar-refractivity contribution is 5.94. The molecule has 1 amide bonds. The van der Waals surface area contributed by atoms with Gasteiger partial charge < -0.3 is 10.8 Å². The van der Waals surface area contributed by atoms with Crippen LogP contribution in [0.4, 0.5) is 13.2 Å². The standard InChI is InChI=1S/C26H24F3N3O2/c1-25-13-16-14-31-32(19-4-2-18(27)3-5-19)23(16)11-17(25)7-9-26(25,34)8-6-15-10-21(28)22(29)12-20(15)24(30)33/h2-5,10-12,14,34H,6-9,13H2,1H3,(H2,30,33)/t25-,26-/m0/s1. The molecule has 0 radical (unpaired) electrons. The van der Waals surface area contributed by atoms with E-state index in [1.807, 2.05) is 13.0 Å². The topological polar surface area (TPSA) is 81.1 Å². The van der Waals surface area contributed by atoms with Gasteiger partial charge in [0.2, 0.25) is 5.91 Å². The molecule has 0 aliphatic heterocycles. The number of carbonyl (C=O) groups excluding carboxylic acids is 1. The van der Waals surface area contributed by atoms with E-state index < -0.39 is 28.6 Å². The zero-order chi connectivity index (χ0) is 24.3. The molecule has 0 unspecified atom stereocenters. The van der Waals surface area contributed by atoms with Crippen molar-refractivity contribution in [3.63, 3.8) is 0 Å². The molecule has 1 saturated carbocycles. The van der Waals surface area contributed by atoms with Crippen LogP contribution in [0.2, 0.25) is 0 Å². The van der Waals surface area contributed by atoms with Gasteiger partial charge in [0.15, 0.2) is 11.6 Å². The molecule has 3 N–H and O–H groups in total. The van der Waals surface area contributed by atoms with Gasteiger partial charge in [-0.1, -0.05) is 12.5 Å². The van der Waals surface area contributed by atoms with E-state index in [2.05, 4.69) is 5.10 Å². The molecule has 5 rings (SSSR count). The second-order valence-corrected chi connectivity index (χ2v) is 9.44. The van der Waals surface area contributed by atoms with E-state index in [-0.39, 0.29) is 29.8 Å². The lowest BCUT2D eigenvalue weighted by atomic mass is 9.65. The Morgan fingerprint density at radius 3 is 2.59 bits per heavy atom. The maximum absolute atomic E-state index is 13.9. The summed E-state index contributed by atoms with van der Waals surface area (Å²) in [5, 5.41) is 16.2. The lowest BCUT2D eigenvalue weighted by molar-refractivity contribution is -0.0462. The molecule has 1 heterocycles. The van der Waals surface area contributed by atoms with E-state index in [9.17, 15) is 23.1 Å². The lowest BCUT2D eigenvalue weighted by Gasteiger charge is -2.42. The monoisotopic (exact) mass is 467 g/mol. The van der Waals surface area contributed by atoms with Gasteiger partial charge in [0.05, 0.1) is 23.2 Å². The highest BCUT2D eigenvalue weighted by Gasteiger charge is 2.54. The highest BCUT2D eigenvalue weighted by Crippen LogP contribution is 2.56. The van der Waals surface area contributed by atoms with Gasteiger partial charge in [0.25, 0.3) is 0 Å². The minimum atomic E-state index is -1.13. The van der Waals surface area contributed by atoms with Crippen LogP contribution in [0.25, 0.3) is 11.8 Å². The number of hydrogen-bond donors (Lipinski definition) is 2. The Balaban J connectivity index is 1.44. The van der Waals surface area contributed by atoms with Gasteiger partial charge in [-0.15, -0.1) is 0 Å². The number of primary amides is 1. The minimum Gasteiger partial charge on any atom is -0.389 e. The molecule has 2 aliphatic rings. The first kappa shape index (κ1) is 22.4. The lowest BCUT2D eigenvalue weighted by Crippen LogP contribution is -2.45. The summed E-state index contributed by atoms with van der Waals surface area (Å²) in [6.45, 7) is 2.00. The van der Waals surface area contributed by atoms with E-state index in [1.165, 1.54) is 12.1 Å². The number of rotatable bonds is 5. The fourth-order valence-corrected chi connectivity index (χ4v) is 5.48. The number of halogens is 3. The van der Waals surface area contributed by atoms with E-state index in [1.54, 1.807) is 23.0 Å². The minimum absolute atomic E-state index is 0.0760. The van der Waals surface area contributed by atoms with Crippen LogP contribution in [0.5, 0.6) is 0 Å². The predicted octanol–water partition coefficient (Wildman–Crippen LogP) is 4.49. The Hall–Kier alpha value is -3.39. The molecule has 34 heavy (non-hydrogen) atoms. The Kier molecular flexibility index (Phi) is 5.16. The van der Waals surface area contributed by atoms with Crippen LogP contribution in [0.1, 0.15) is 53.4 Å². The smallest absolute Gasteiger partial charge is 0.249 e. The van der Waals surface area contributed by atoms with E-state index in [0.29, 0.717) is 19.3 Å². The fourth-order valence-electron chi connectivity index (χ4n) is 5.48. The van der Waals surface area contributed by atoms with Crippen molar-refractivity contribution in [3.05, 3.63) is 88.0 Å². The van der Waals surface area contributed by atoms with Crippen molar-refractivity contribution in [2.75, 3.05) is 0 Å². The molecule has 2 aliphatic carbocycles. The molecule has 1 aromatic heterocycles. The first-order chi connectivity index (χ1) is 16.1. The van der Waals surface area contributed by atoms with Crippen molar-refractivity contribution in [1.29, 1.82) is 0 Å². The number of hydrogen-bond acceptors (Lipinski definition) is 3. The van der Waals surface area contributed by atoms with Crippen molar-refractivity contribution in [1.82, 2.24) is 9.78 Å². The normalized spacial score (nSPS) is 23.4. The number of carbonyl (C=O) groups is 1. The third-order valence-electron chi connectivity index (χ3n) is 7.58. The maximum atomic E-state index is 13.9. The SMILES string of the molecule is C[C@]12Cc3cnn(-c4ccc(F)cc4)c3C=C1CC[C@@]2(O)CCc1cc(F)c(F)cc1C(N)=O. The third kappa shape index (κ3) is 3.44. The number of fused-ring (bicyclic) bond motifs is 2. The van der Waals surface area contributed by atoms with Gasteiger partial charge in [-0.2, -0.15) is 5.10 Å². The number of aryl methyl sites for hydroxylation is 1. The molecule has 0 spiro atoms. The summed E-state index contributed by atoms with van der Waals surface area (Å²) in [6.07, 6.45) is 5.95. The molecule has 3 aromatic rings. The number of aromatic nitrogens is 2. The molecule has 2 atom stereocenters. The summed E-state index contributed by atoms with van der Waals surface area (Å²) in [5.41, 5.74) is 7.55. The summed E-state index contributed by atoms with van der Waals surface area (Å²) in [4.78, 5) is 11.8. The summed E-state index contributed by atoms with van der Waals surface area (Å²) >= 11 is 0. The van der Waals surface area contributed by atoms with Crippen LogP contribution in [-0.2, 0) is 12.8 Å². The van der Waals surface area contributed by atoms with Crippen LogP contribution in [0.3, 0.4) is 0 Å². The average Bonchev–Trinajstić information content (AvgIpc) is 3.31. The van der Waals surface area contributed by atoms with Gasteiger partial charge in [-0.25, -0.2) is 17.9 Å². The molecule has 5 nitrogen and oxygen atoms in total. The average molecular weight is 467 g/mol. The van der Waals surface area contributed by atoms with Crippen molar-refractivity contribution >= 4 is 12.0 Å². The zero-order valence-electron chi connectivity index (χ0n) is 18.6. The van der Waals surface area contributed by atoms with Crippen molar-refractivity contribution in [3.8, 4) is 5.69 Å². The molecule has 1 fully saturated rings. The zero-order valence-corrected chi connectivity index (χ0v) is 18.6. The number of nitrogens with two attached hydrogens (primary N) is 1. The molecule has 176 valence electrons. The summed E-state index contributed by atoms with van der Waals surface area (Å²) < 4.78 is 42.6. The second kappa shape index (κ2) is 7.84. The van der Waals surface area contributed by atoms with Crippen LogP contribution in [0.15, 0.2) is 48.2 Å². The first-order valence-corrected chi connectivity index (χ1v) is 11.2. The second-order valence-electron chi connectivity index (χ2n) is 9.44.